The Kier molecular flexibility index (Phi) is 12.5. The molecule has 1 unspecified atom stereocenters. The molecular weight excluding hydrogens is 320 g/mol. The first-order valence-corrected chi connectivity index (χ1v) is 11.5. The van der Waals surface area contributed by atoms with Crippen LogP contribution in [0.2, 0.25) is 6.04 Å². The average Bonchev–Trinajstić information content (AvgIpc) is 2.55. The van der Waals surface area contributed by atoms with E-state index in [2.05, 4.69) is 34.3 Å². The van der Waals surface area contributed by atoms with Crippen molar-refractivity contribution in [1.29, 1.82) is 0 Å². The minimum Gasteiger partial charge on any atom is -0.373 e. The summed E-state index contributed by atoms with van der Waals surface area (Å²) in [7, 11) is -2.89. The third-order valence-corrected chi connectivity index (χ3v) is 7.17. The highest BCUT2D eigenvalue weighted by molar-refractivity contribution is 6.61. The number of hydrogen-bond donors (Lipinski definition) is 0. The van der Waals surface area contributed by atoms with Gasteiger partial charge >= 0.3 is 8.80 Å². The minimum absolute atomic E-state index is 0.0875. The van der Waals surface area contributed by atoms with Gasteiger partial charge in [0, 0.05) is 19.3 Å². The Bertz CT molecular complexity index is 349. The number of carbonyl (C=O) groups excluding carboxylic acids is 1. The van der Waals surface area contributed by atoms with E-state index >= 15 is 0 Å². The van der Waals surface area contributed by atoms with Gasteiger partial charge in [0.25, 0.3) is 0 Å². The SMILES string of the molecule is C=CC(=O)C(C)(CCC)O[Si](CCC)(OCCCC)OCCCC. The van der Waals surface area contributed by atoms with Crippen molar-refractivity contribution in [3.63, 3.8) is 0 Å². The Morgan fingerprint density at radius 2 is 1.54 bits per heavy atom. The van der Waals surface area contributed by atoms with E-state index < -0.39 is 14.4 Å². The second kappa shape index (κ2) is 12.8. The van der Waals surface area contributed by atoms with Crippen molar-refractivity contribution in [3.05, 3.63) is 12.7 Å². The van der Waals surface area contributed by atoms with Gasteiger partial charge in [0.2, 0.25) is 0 Å². The van der Waals surface area contributed by atoms with Gasteiger partial charge < -0.3 is 13.3 Å². The van der Waals surface area contributed by atoms with Gasteiger partial charge in [-0.15, -0.1) is 0 Å². The fourth-order valence-corrected chi connectivity index (χ4v) is 5.61. The van der Waals surface area contributed by atoms with Crippen LogP contribution < -0.4 is 0 Å². The third kappa shape index (κ3) is 8.06. The summed E-state index contributed by atoms with van der Waals surface area (Å²) in [4.78, 5) is 12.4. The molecule has 0 aromatic carbocycles. The lowest BCUT2D eigenvalue weighted by Crippen LogP contribution is -2.55. The zero-order chi connectivity index (χ0) is 18.5. The molecule has 0 spiro atoms. The van der Waals surface area contributed by atoms with Gasteiger partial charge in [-0.05, 0) is 32.3 Å². The summed E-state index contributed by atoms with van der Waals surface area (Å²) in [5, 5.41) is 0. The van der Waals surface area contributed by atoms with E-state index in [0.717, 1.165) is 44.6 Å². The largest absolute Gasteiger partial charge is 0.501 e. The number of rotatable bonds is 16. The molecule has 0 aliphatic rings. The Labute approximate surface area is 150 Å². The first-order chi connectivity index (χ1) is 11.4. The monoisotopic (exact) mass is 358 g/mol. The topological polar surface area (TPSA) is 44.8 Å². The minimum atomic E-state index is -2.89. The lowest BCUT2D eigenvalue weighted by molar-refractivity contribution is -0.134. The lowest BCUT2D eigenvalue weighted by atomic mass is 9.95. The molecule has 142 valence electrons. The van der Waals surface area contributed by atoms with Crippen LogP contribution in [0.4, 0.5) is 0 Å². The van der Waals surface area contributed by atoms with Gasteiger partial charge in [0.05, 0.1) is 0 Å². The molecule has 0 aromatic heterocycles. The third-order valence-electron chi connectivity index (χ3n) is 4.01. The van der Waals surface area contributed by atoms with Crippen LogP contribution in [0.1, 0.15) is 79.6 Å². The molecule has 0 saturated heterocycles. The van der Waals surface area contributed by atoms with Crippen LogP contribution in [0.15, 0.2) is 12.7 Å². The van der Waals surface area contributed by atoms with E-state index in [1.807, 2.05) is 6.92 Å². The molecule has 0 saturated carbocycles. The number of unbranched alkanes of at least 4 members (excludes halogenated alkanes) is 2. The summed E-state index contributed by atoms with van der Waals surface area (Å²) in [6, 6.07) is 0.740. The van der Waals surface area contributed by atoms with E-state index in [9.17, 15) is 4.79 Å². The number of hydrogen-bond acceptors (Lipinski definition) is 4. The summed E-state index contributed by atoms with van der Waals surface area (Å²) in [6.45, 7) is 15.2. The van der Waals surface area contributed by atoms with Crippen LogP contribution in [0.5, 0.6) is 0 Å². The maximum absolute atomic E-state index is 12.4. The second-order valence-electron chi connectivity index (χ2n) is 6.49. The quantitative estimate of drug-likeness (QED) is 0.213. The molecule has 5 heteroatoms. The molecule has 0 rings (SSSR count). The summed E-state index contributed by atoms with van der Waals surface area (Å²) < 4.78 is 18.8. The second-order valence-corrected chi connectivity index (χ2v) is 9.14. The number of carbonyl (C=O) groups is 1. The zero-order valence-corrected chi connectivity index (χ0v) is 17.5. The van der Waals surface area contributed by atoms with Crippen molar-refractivity contribution < 1.29 is 18.1 Å². The molecule has 1 atom stereocenters. The van der Waals surface area contributed by atoms with E-state index in [0.29, 0.717) is 19.6 Å². The molecule has 0 radical (unpaired) electrons. The van der Waals surface area contributed by atoms with Gasteiger partial charge in [-0.3, -0.25) is 4.79 Å². The predicted octanol–water partition coefficient (Wildman–Crippen LogP) is 5.30. The Hall–Kier alpha value is -0.493. The molecular formula is C19H38O4Si. The fourth-order valence-electron chi connectivity index (χ4n) is 2.61. The summed E-state index contributed by atoms with van der Waals surface area (Å²) in [6.07, 6.45) is 7.83. The highest BCUT2D eigenvalue weighted by atomic mass is 28.4. The predicted molar refractivity (Wildman–Crippen MR) is 102 cm³/mol. The maximum atomic E-state index is 12.4. The van der Waals surface area contributed by atoms with Crippen LogP contribution in [0.3, 0.4) is 0 Å². The summed E-state index contributed by atoms with van der Waals surface area (Å²) in [5.41, 5.74) is -0.906. The average molecular weight is 359 g/mol. The highest BCUT2D eigenvalue weighted by Crippen LogP contribution is 2.30. The first kappa shape index (κ1) is 23.5. The van der Waals surface area contributed by atoms with Crippen LogP contribution in [-0.4, -0.2) is 33.4 Å². The van der Waals surface area contributed by atoms with Crippen LogP contribution in [0.25, 0.3) is 0 Å². The van der Waals surface area contributed by atoms with Gasteiger partial charge in [-0.25, -0.2) is 0 Å². The Morgan fingerprint density at radius 1 is 1.00 bits per heavy atom. The van der Waals surface area contributed by atoms with E-state index in [-0.39, 0.29) is 5.78 Å². The van der Waals surface area contributed by atoms with Crippen LogP contribution >= 0.6 is 0 Å². The van der Waals surface area contributed by atoms with Gasteiger partial charge in [0.15, 0.2) is 5.78 Å². The summed E-state index contributed by atoms with van der Waals surface area (Å²) in [5.74, 6) is -0.0875. The van der Waals surface area contributed by atoms with Gasteiger partial charge in [-0.2, -0.15) is 0 Å². The fraction of sp³-hybridized carbons (Fsp3) is 0.842. The van der Waals surface area contributed by atoms with Crippen LogP contribution in [0, 0.1) is 0 Å². The summed E-state index contributed by atoms with van der Waals surface area (Å²) >= 11 is 0. The Balaban J connectivity index is 5.40. The molecule has 0 N–H and O–H groups in total. The van der Waals surface area contributed by atoms with E-state index in [1.54, 1.807) is 0 Å². The van der Waals surface area contributed by atoms with Gasteiger partial charge in [-0.1, -0.05) is 60.0 Å². The lowest BCUT2D eigenvalue weighted by Gasteiger charge is -2.38. The molecule has 0 aliphatic heterocycles. The molecule has 0 amide bonds. The highest BCUT2D eigenvalue weighted by Gasteiger charge is 2.48. The first-order valence-electron chi connectivity index (χ1n) is 9.58. The van der Waals surface area contributed by atoms with Crippen molar-refractivity contribution in [3.8, 4) is 0 Å². The molecule has 0 bridgehead atoms. The van der Waals surface area contributed by atoms with Crippen LogP contribution in [-0.2, 0) is 18.1 Å². The van der Waals surface area contributed by atoms with Crippen molar-refractivity contribution in [2.45, 2.75) is 91.2 Å². The molecule has 0 aliphatic carbocycles. The van der Waals surface area contributed by atoms with Crippen molar-refractivity contribution in [2.24, 2.45) is 0 Å². The van der Waals surface area contributed by atoms with E-state index in [4.69, 9.17) is 13.3 Å². The molecule has 24 heavy (non-hydrogen) atoms. The smallest absolute Gasteiger partial charge is 0.373 e. The molecule has 0 fully saturated rings. The normalized spacial score (nSPS) is 14.4. The molecule has 4 nitrogen and oxygen atoms in total. The van der Waals surface area contributed by atoms with Crippen molar-refractivity contribution in [1.82, 2.24) is 0 Å². The maximum Gasteiger partial charge on any atom is 0.501 e. The number of ketones is 1. The van der Waals surface area contributed by atoms with Crippen molar-refractivity contribution in [2.75, 3.05) is 13.2 Å². The van der Waals surface area contributed by atoms with E-state index in [1.165, 1.54) is 6.08 Å². The van der Waals surface area contributed by atoms with Crippen molar-refractivity contribution >= 4 is 14.6 Å². The zero-order valence-electron chi connectivity index (χ0n) is 16.5. The molecule has 0 heterocycles. The Morgan fingerprint density at radius 3 is 1.92 bits per heavy atom. The standard InChI is InChI=1S/C19H38O4Si/c1-7-12-15-21-24(17-10-4,22-16-13-8-2)23-19(6,14-9-3)18(20)11-5/h11H,5,7-10,12-17H2,1-4,6H3. The molecule has 0 aromatic rings. The van der Waals surface area contributed by atoms with Gasteiger partial charge in [0.1, 0.15) is 5.60 Å².